The van der Waals surface area contributed by atoms with Crippen LogP contribution in [-0.4, -0.2) is 70.9 Å². The lowest BCUT2D eigenvalue weighted by Crippen LogP contribution is -2.42. The number of aromatic amines is 2. The molecule has 8 nitrogen and oxygen atoms in total. The van der Waals surface area contributed by atoms with Crippen LogP contribution in [-0.2, 0) is 9.59 Å². The van der Waals surface area contributed by atoms with Gasteiger partial charge in [0.25, 0.3) is 11.8 Å². The minimum Gasteiger partial charge on any atom is -0.361 e. The highest BCUT2D eigenvalue weighted by atomic mass is 16.2. The summed E-state index contributed by atoms with van der Waals surface area (Å²) in [6, 6.07) is 15.6. The van der Waals surface area contributed by atoms with Crippen molar-refractivity contribution in [1.29, 1.82) is 0 Å². The molecule has 0 saturated carbocycles. The van der Waals surface area contributed by atoms with Gasteiger partial charge in [-0.15, -0.1) is 0 Å². The van der Waals surface area contributed by atoms with Crippen LogP contribution in [0.25, 0.3) is 33.0 Å². The molecule has 0 aliphatic carbocycles. The average Bonchev–Trinajstić information content (AvgIpc) is 3.52. The van der Waals surface area contributed by atoms with Gasteiger partial charge in [0.15, 0.2) is 0 Å². The topological polar surface area (TPSA) is 124 Å². The molecule has 0 unspecified atom stereocenters. The molecular formula is C26H28N6O2. The number of carbonyl (C=O) groups is 2. The zero-order valence-corrected chi connectivity index (χ0v) is 18.9. The first kappa shape index (κ1) is 22.1. The van der Waals surface area contributed by atoms with Crippen LogP contribution >= 0.6 is 0 Å². The van der Waals surface area contributed by atoms with Crippen molar-refractivity contribution >= 4 is 44.8 Å². The molecule has 2 aromatic carbocycles. The second-order valence-corrected chi connectivity index (χ2v) is 8.43. The maximum Gasteiger partial charge on any atom is 0.262 e. The molecule has 174 valence electrons. The van der Waals surface area contributed by atoms with Crippen LogP contribution in [0.5, 0.6) is 0 Å². The first-order valence-electron chi connectivity index (χ1n) is 11.5. The molecule has 2 aromatic heterocycles. The van der Waals surface area contributed by atoms with Gasteiger partial charge < -0.3 is 21.4 Å². The van der Waals surface area contributed by atoms with E-state index < -0.39 is 0 Å². The van der Waals surface area contributed by atoms with Crippen molar-refractivity contribution in [3.63, 3.8) is 0 Å². The standard InChI is InChI=1S/C26H28N6O2/c27-9-11-31(12-10-28)13-14-32-25(33)23(19-15-29-21-7-3-1-5-17(19)21)24(26(32)34)20-16-30-22-8-4-2-6-18(20)22/h1-8,15-16,29-30H,9-14,27-28H2. The third kappa shape index (κ3) is 3.71. The Labute approximate surface area is 197 Å². The molecule has 5 rings (SSSR count). The number of imide groups is 1. The van der Waals surface area contributed by atoms with Crippen molar-refractivity contribution in [3.8, 4) is 0 Å². The summed E-state index contributed by atoms with van der Waals surface area (Å²) in [6.07, 6.45) is 3.64. The molecule has 0 fully saturated rings. The average molecular weight is 457 g/mol. The lowest BCUT2D eigenvalue weighted by molar-refractivity contribution is -0.136. The third-order valence-corrected chi connectivity index (χ3v) is 6.42. The van der Waals surface area contributed by atoms with Crippen molar-refractivity contribution in [2.24, 2.45) is 11.5 Å². The highest BCUT2D eigenvalue weighted by molar-refractivity contribution is 6.50. The van der Waals surface area contributed by atoms with Crippen molar-refractivity contribution in [2.45, 2.75) is 0 Å². The molecule has 0 atom stereocenters. The molecule has 8 heteroatoms. The van der Waals surface area contributed by atoms with E-state index in [1.807, 2.05) is 60.9 Å². The molecule has 6 N–H and O–H groups in total. The van der Waals surface area contributed by atoms with E-state index in [0.717, 1.165) is 32.9 Å². The molecule has 2 amide bonds. The van der Waals surface area contributed by atoms with Crippen LogP contribution in [0, 0.1) is 0 Å². The van der Waals surface area contributed by atoms with E-state index in [4.69, 9.17) is 11.5 Å². The predicted molar refractivity (Wildman–Crippen MR) is 135 cm³/mol. The zero-order chi connectivity index (χ0) is 23.7. The van der Waals surface area contributed by atoms with Crippen LogP contribution in [0.3, 0.4) is 0 Å². The van der Waals surface area contributed by atoms with Crippen LogP contribution in [0.15, 0.2) is 60.9 Å². The maximum atomic E-state index is 13.8. The van der Waals surface area contributed by atoms with Gasteiger partial charge in [0.1, 0.15) is 0 Å². The summed E-state index contributed by atoms with van der Waals surface area (Å²) in [6.45, 7) is 3.09. The second kappa shape index (κ2) is 9.26. The molecule has 34 heavy (non-hydrogen) atoms. The summed E-state index contributed by atoms with van der Waals surface area (Å²) < 4.78 is 0. The second-order valence-electron chi connectivity index (χ2n) is 8.43. The SMILES string of the molecule is NCCN(CCN)CCN1C(=O)C(c2c[nH]c3ccccc23)=C(c2c[nH]c3ccccc23)C1=O. The number of benzene rings is 2. The number of rotatable bonds is 9. The van der Waals surface area contributed by atoms with Crippen LogP contribution in [0.2, 0.25) is 0 Å². The number of nitrogens with one attached hydrogen (secondary N) is 2. The maximum absolute atomic E-state index is 13.8. The number of fused-ring (bicyclic) bond motifs is 2. The fourth-order valence-corrected chi connectivity index (χ4v) is 4.78. The highest BCUT2D eigenvalue weighted by Crippen LogP contribution is 2.40. The van der Waals surface area contributed by atoms with Crippen molar-refractivity contribution in [1.82, 2.24) is 19.8 Å². The van der Waals surface area contributed by atoms with E-state index in [1.165, 1.54) is 4.90 Å². The molecule has 3 heterocycles. The molecule has 0 radical (unpaired) electrons. The first-order chi connectivity index (χ1) is 16.6. The number of amides is 2. The largest absolute Gasteiger partial charge is 0.361 e. The molecule has 1 aliphatic rings. The van der Waals surface area contributed by atoms with Gasteiger partial charge in [-0.2, -0.15) is 0 Å². The number of nitrogens with zero attached hydrogens (tertiary/aromatic N) is 2. The van der Waals surface area contributed by atoms with E-state index in [1.54, 1.807) is 0 Å². The summed E-state index contributed by atoms with van der Waals surface area (Å²) in [5.41, 5.74) is 15.6. The van der Waals surface area contributed by atoms with E-state index in [-0.39, 0.29) is 18.4 Å². The van der Waals surface area contributed by atoms with Gasteiger partial charge in [0.2, 0.25) is 0 Å². The minimum atomic E-state index is -0.282. The Bertz CT molecular complexity index is 1300. The van der Waals surface area contributed by atoms with Crippen molar-refractivity contribution in [3.05, 3.63) is 72.1 Å². The van der Waals surface area contributed by atoms with Gasteiger partial charge in [-0.05, 0) is 12.1 Å². The van der Waals surface area contributed by atoms with Gasteiger partial charge in [-0.3, -0.25) is 19.4 Å². The van der Waals surface area contributed by atoms with E-state index >= 15 is 0 Å². The summed E-state index contributed by atoms with van der Waals surface area (Å²) in [5.74, 6) is -0.564. The Balaban J connectivity index is 1.61. The first-order valence-corrected chi connectivity index (χ1v) is 11.5. The summed E-state index contributed by atoms with van der Waals surface area (Å²) in [4.78, 5) is 37.5. The number of aromatic nitrogens is 2. The molecule has 0 saturated heterocycles. The van der Waals surface area contributed by atoms with Crippen LogP contribution in [0.4, 0.5) is 0 Å². The molecule has 1 aliphatic heterocycles. The van der Waals surface area contributed by atoms with Gasteiger partial charge in [0, 0.05) is 84.6 Å². The Morgan fingerprint density at radius 1 is 0.706 bits per heavy atom. The Morgan fingerprint density at radius 3 is 1.65 bits per heavy atom. The van der Waals surface area contributed by atoms with Crippen molar-refractivity contribution < 1.29 is 9.59 Å². The lowest BCUT2D eigenvalue weighted by atomic mass is 9.95. The van der Waals surface area contributed by atoms with E-state index in [2.05, 4.69) is 14.9 Å². The summed E-state index contributed by atoms with van der Waals surface area (Å²) in [5, 5.41) is 1.82. The van der Waals surface area contributed by atoms with Gasteiger partial charge in [-0.1, -0.05) is 36.4 Å². The number of hydrogen-bond acceptors (Lipinski definition) is 5. The zero-order valence-electron chi connectivity index (χ0n) is 18.9. The number of hydrogen-bond donors (Lipinski definition) is 4. The number of para-hydroxylation sites is 2. The van der Waals surface area contributed by atoms with Crippen LogP contribution in [0.1, 0.15) is 11.1 Å². The minimum absolute atomic E-state index is 0.273. The summed E-state index contributed by atoms with van der Waals surface area (Å²) in [7, 11) is 0. The quantitative estimate of drug-likeness (QED) is 0.287. The van der Waals surface area contributed by atoms with Gasteiger partial charge >= 0.3 is 0 Å². The fourth-order valence-electron chi connectivity index (χ4n) is 4.78. The monoisotopic (exact) mass is 456 g/mol. The van der Waals surface area contributed by atoms with Gasteiger partial charge in [0.05, 0.1) is 11.1 Å². The van der Waals surface area contributed by atoms with Gasteiger partial charge in [-0.25, -0.2) is 0 Å². The van der Waals surface area contributed by atoms with Crippen molar-refractivity contribution in [2.75, 3.05) is 39.3 Å². The number of carbonyl (C=O) groups excluding carboxylic acids is 2. The Morgan fingerprint density at radius 2 is 1.18 bits per heavy atom. The number of nitrogens with two attached hydrogens (primary N) is 2. The Hall–Kier alpha value is -3.72. The Kier molecular flexibility index (Phi) is 6.02. The van der Waals surface area contributed by atoms with E-state index in [9.17, 15) is 9.59 Å². The number of H-pyrrole nitrogens is 2. The summed E-state index contributed by atoms with van der Waals surface area (Å²) >= 11 is 0. The third-order valence-electron chi connectivity index (χ3n) is 6.42. The smallest absolute Gasteiger partial charge is 0.262 e. The fraction of sp³-hybridized carbons (Fsp3) is 0.231. The molecule has 0 bridgehead atoms. The molecule has 4 aromatic rings. The normalized spacial score (nSPS) is 14.5. The lowest BCUT2D eigenvalue weighted by Gasteiger charge is -2.24. The van der Waals surface area contributed by atoms with Crippen LogP contribution < -0.4 is 11.5 Å². The molecular weight excluding hydrogens is 428 g/mol. The highest BCUT2D eigenvalue weighted by Gasteiger charge is 2.41. The van der Waals surface area contributed by atoms with E-state index in [0.29, 0.717) is 43.9 Å². The predicted octanol–water partition coefficient (Wildman–Crippen LogP) is 2.15. The molecule has 0 spiro atoms.